The molecule has 0 fully saturated rings. The Balaban J connectivity index is 1.49. The number of hydrogen-bond donors (Lipinski definition) is 2. The molecule has 0 unspecified atom stereocenters. The second-order valence-electron chi connectivity index (χ2n) is 9.13. The first kappa shape index (κ1) is 26.3. The number of halogens is 1. The molecule has 0 saturated heterocycles. The maximum Gasteiger partial charge on any atom is 0.271 e. The van der Waals surface area contributed by atoms with E-state index in [2.05, 4.69) is 35.9 Å². The number of ether oxygens (including phenoxy) is 1. The molecule has 0 aliphatic rings. The van der Waals surface area contributed by atoms with E-state index in [-0.39, 0.29) is 11.6 Å². The number of likely N-dealkylation sites (N-methyl/N-ethyl adjacent to an activating group) is 1. The number of imidazole rings is 1. The molecule has 12 nitrogen and oxygen atoms in total. The number of hydrogen-bond acceptors (Lipinski definition) is 9. The fourth-order valence-electron chi connectivity index (χ4n) is 4.18. The van der Waals surface area contributed by atoms with E-state index < -0.39 is 0 Å². The van der Waals surface area contributed by atoms with Crippen LogP contribution in [-0.2, 0) is 13.1 Å². The molecule has 1 amide bonds. The van der Waals surface area contributed by atoms with Crippen molar-refractivity contribution in [2.24, 2.45) is 0 Å². The zero-order valence-corrected chi connectivity index (χ0v) is 22.9. The average molecular weight is 549 g/mol. The Morgan fingerprint density at radius 3 is 2.74 bits per heavy atom. The number of aryl methyl sites for hydroxylation is 1. The first-order chi connectivity index (χ1) is 18.9. The Labute approximate surface area is 230 Å². The van der Waals surface area contributed by atoms with E-state index in [1.807, 2.05) is 48.8 Å². The molecule has 0 bridgehead atoms. The summed E-state index contributed by atoms with van der Waals surface area (Å²) in [5, 5.41) is 22.4. The van der Waals surface area contributed by atoms with Crippen molar-refractivity contribution < 1.29 is 9.53 Å². The molecule has 4 aromatic heterocycles. The van der Waals surface area contributed by atoms with Crippen LogP contribution in [0.4, 0.5) is 5.82 Å². The number of pyridine rings is 1. The highest BCUT2D eigenvalue weighted by atomic mass is 35.5. The molecule has 2 N–H and O–H groups in total. The maximum absolute atomic E-state index is 12.1. The van der Waals surface area contributed by atoms with Crippen LogP contribution >= 0.6 is 11.6 Å². The first-order valence-electron chi connectivity index (χ1n) is 12.5. The monoisotopic (exact) mass is 548 g/mol. The van der Waals surface area contributed by atoms with Crippen molar-refractivity contribution in [3.8, 4) is 11.6 Å². The van der Waals surface area contributed by atoms with E-state index >= 15 is 0 Å². The van der Waals surface area contributed by atoms with Gasteiger partial charge < -0.3 is 20.3 Å². The quantitative estimate of drug-likeness (QED) is 0.270. The highest BCUT2D eigenvalue weighted by Crippen LogP contribution is 2.32. The smallest absolute Gasteiger partial charge is 0.271 e. The molecule has 0 aliphatic heterocycles. The maximum atomic E-state index is 12.1. The molecule has 202 valence electrons. The number of amides is 1. The van der Waals surface area contributed by atoms with Crippen molar-refractivity contribution in [1.82, 2.24) is 44.7 Å². The molecule has 5 aromatic rings. The van der Waals surface area contributed by atoms with Gasteiger partial charge >= 0.3 is 0 Å². The molecule has 39 heavy (non-hydrogen) atoms. The number of fused-ring (bicyclic) bond motifs is 3. The van der Waals surface area contributed by atoms with E-state index in [0.29, 0.717) is 42.1 Å². The number of nitrogens with zero attached hydrogens (tertiary/aromatic N) is 8. The van der Waals surface area contributed by atoms with E-state index in [1.54, 1.807) is 30.2 Å². The van der Waals surface area contributed by atoms with Gasteiger partial charge in [0.2, 0.25) is 0 Å². The number of anilines is 1. The van der Waals surface area contributed by atoms with Gasteiger partial charge in [0, 0.05) is 49.8 Å². The van der Waals surface area contributed by atoms with Crippen LogP contribution in [0.3, 0.4) is 0 Å². The largest absolute Gasteiger partial charge is 0.491 e. The average Bonchev–Trinajstić information content (AvgIpc) is 3.59. The topological polar surface area (TPSA) is 128 Å². The second kappa shape index (κ2) is 11.2. The standard InChI is InChI=1S/C26H29ClN10O2/c1-5-37-24-18(13-32-37)22-17(12-30-24)25(36-14-20(31-15-36)26(38)28-2)34-33-23(22)29-11-16-6-7-21(19(27)10-16)39-9-8-35(3)4/h6-7,10,12-15H,5,8-9,11H2,1-4H3,(H,28,38)(H,29,33). The summed E-state index contributed by atoms with van der Waals surface area (Å²) in [6, 6.07) is 5.71. The predicted molar refractivity (Wildman–Crippen MR) is 150 cm³/mol. The minimum atomic E-state index is -0.290. The molecular weight excluding hydrogens is 520 g/mol. The van der Waals surface area contributed by atoms with Gasteiger partial charge in [-0.1, -0.05) is 17.7 Å². The summed E-state index contributed by atoms with van der Waals surface area (Å²) in [6.45, 7) is 4.49. The Morgan fingerprint density at radius 2 is 2.00 bits per heavy atom. The number of aromatic nitrogens is 7. The Hall–Kier alpha value is -4.29. The first-order valence-corrected chi connectivity index (χ1v) is 12.8. The summed E-state index contributed by atoms with van der Waals surface area (Å²) >= 11 is 6.49. The zero-order chi connectivity index (χ0) is 27.5. The fourth-order valence-corrected chi connectivity index (χ4v) is 4.44. The van der Waals surface area contributed by atoms with Crippen LogP contribution in [0.2, 0.25) is 5.02 Å². The van der Waals surface area contributed by atoms with Crippen molar-refractivity contribution in [3.63, 3.8) is 0 Å². The molecule has 4 heterocycles. The fraction of sp³-hybridized carbons (Fsp3) is 0.308. The van der Waals surface area contributed by atoms with Crippen LogP contribution in [0, 0.1) is 0 Å². The SMILES string of the molecule is CCn1ncc2c3c(NCc4ccc(OCCN(C)C)c(Cl)c4)nnc(-n4cnc(C(=O)NC)c4)c3cnc21. The van der Waals surface area contributed by atoms with Gasteiger partial charge in [0.1, 0.15) is 24.4 Å². The minimum absolute atomic E-state index is 0.272. The summed E-state index contributed by atoms with van der Waals surface area (Å²) in [4.78, 5) is 23.0. The van der Waals surface area contributed by atoms with Crippen LogP contribution in [0.15, 0.2) is 43.1 Å². The molecule has 0 atom stereocenters. The second-order valence-corrected chi connectivity index (χ2v) is 9.54. The lowest BCUT2D eigenvalue weighted by Crippen LogP contribution is -2.19. The van der Waals surface area contributed by atoms with Gasteiger partial charge in [-0.15, -0.1) is 10.2 Å². The molecule has 0 saturated carbocycles. The molecular formula is C26H29ClN10O2. The molecule has 1 aromatic carbocycles. The molecule has 5 rings (SSSR count). The van der Waals surface area contributed by atoms with Crippen LogP contribution in [0.25, 0.3) is 27.6 Å². The van der Waals surface area contributed by atoms with Crippen molar-refractivity contribution in [2.45, 2.75) is 20.0 Å². The lowest BCUT2D eigenvalue weighted by atomic mass is 10.1. The summed E-state index contributed by atoms with van der Waals surface area (Å²) in [5.41, 5.74) is 1.97. The zero-order valence-electron chi connectivity index (χ0n) is 22.1. The molecule has 0 aliphatic carbocycles. The predicted octanol–water partition coefficient (Wildman–Crippen LogP) is 3.15. The normalized spacial score (nSPS) is 11.4. The third kappa shape index (κ3) is 5.33. The lowest BCUT2D eigenvalue weighted by Gasteiger charge is -2.14. The van der Waals surface area contributed by atoms with Crippen molar-refractivity contribution in [3.05, 3.63) is 59.4 Å². The van der Waals surface area contributed by atoms with Crippen molar-refractivity contribution >= 4 is 45.1 Å². The minimum Gasteiger partial charge on any atom is -0.491 e. The van der Waals surface area contributed by atoms with E-state index in [9.17, 15) is 4.79 Å². The summed E-state index contributed by atoms with van der Waals surface area (Å²) in [7, 11) is 5.54. The van der Waals surface area contributed by atoms with Crippen molar-refractivity contribution in [1.29, 1.82) is 0 Å². The van der Waals surface area contributed by atoms with E-state index in [1.165, 1.54) is 6.33 Å². The van der Waals surface area contributed by atoms with Gasteiger partial charge in [0.15, 0.2) is 17.3 Å². The molecule has 13 heteroatoms. The molecule has 0 radical (unpaired) electrons. The van der Waals surface area contributed by atoms with Gasteiger partial charge in [-0.2, -0.15) is 5.10 Å². The van der Waals surface area contributed by atoms with Gasteiger partial charge in [0.25, 0.3) is 5.91 Å². The van der Waals surface area contributed by atoms with Crippen LogP contribution in [0.5, 0.6) is 5.75 Å². The summed E-state index contributed by atoms with van der Waals surface area (Å²) in [5.74, 6) is 1.43. The molecule has 0 spiro atoms. The number of nitrogens with one attached hydrogen (secondary N) is 2. The van der Waals surface area contributed by atoms with Crippen molar-refractivity contribution in [2.75, 3.05) is 39.6 Å². The third-order valence-corrected chi connectivity index (χ3v) is 6.52. The van der Waals surface area contributed by atoms with E-state index in [4.69, 9.17) is 16.3 Å². The number of rotatable bonds is 10. The van der Waals surface area contributed by atoms with Crippen LogP contribution in [-0.4, -0.2) is 79.6 Å². The van der Waals surface area contributed by atoms with Gasteiger partial charge in [-0.3, -0.25) is 9.36 Å². The number of carbonyl (C=O) groups excluding carboxylic acids is 1. The highest BCUT2D eigenvalue weighted by Gasteiger charge is 2.18. The third-order valence-electron chi connectivity index (χ3n) is 6.23. The Morgan fingerprint density at radius 1 is 1.15 bits per heavy atom. The lowest BCUT2D eigenvalue weighted by molar-refractivity contribution is 0.0958. The van der Waals surface area contributed by atoms with Crippen LogP contribution < -0.4 is 15.4 Å². The Kier molecular flexibility index (Phi) is 7.57. The van der Waals surface area contributed by atoms with Gasteiger partial charge in [-0.25, -0.2) is 14.6 Å². The van der Waals surface area contributed by atoms with Crippen LogP contribution in [0.1, 0.15) is 23.0 Å². The summed E-state index contributed by atoms with van der Waals surface area (Å²) < 4.78 is 9.29. The van der Waals surface area contributed by atoms with Gasteiger partial charge in [0.05, 0.1) is 16.6 Å². The Bertz CT molecular complexity index is 1650. The van der Waals surface area contributed by atoms with E-state index in [0.717, 1.165) is 33.9 Å². The summed E-state index contributed by atoms with van der Waals surface area (Å²) in [6.07, 6.45) is 6.67. The number of carbonyl (C=O) groups is 1. The number of benzene rings is 1. The highest BCUT2D eigenvalue weighted by molar-refractivity contribution is 6.32. The van der Waals surface area contributed by atoms with Gasteiger partial charge in [-0.05, 0) is 38.7 Å².